The van der Waals surface area contributed by atoms with Crippen LogP contribution in [-0.4, -0.2) is 37.7 Å². The van der Waals surface area contributed by atoms with Crippen molar-refractivity contribution >= 4 is 17.8 Å². The van der Waals surface area contributed by atoms with Crippen molar-refractivity contribution in [1.29, 1.82) is 0 Å². The topological polar surface area (TPSA) is 78.4 Å². The fourth-order valence-corrected chi connectivity index (χ4v) is 4.32. The van der Waals surface area contributed by atoms with Gasteiger partial charge < -0.3 is 19.9 Å². The minimum Gasteiger partial charge on any atom is -0.490 e. The highest BCUT2D eigenvalue weighted by Crippen LogP contribution is 2.53. The van der Waals surface area contributed by atoms with Crippen LogP contribution in [0.4, 0.5) is 0 Å². The number of nitrogens with two attached hydrogens (primary N) is 1. The predicted molar refractivity (Wildman–Crippen MR) is 104 cm³/mol. The fraction of sp³-hybridized carbons (Fsp3) is 0.333. The van der Waals surface area contributed by atoms with E-state index in [4.69, 9.17) is 24.9 Å². The summed E-state index contributed by atoms with van der Waals surface area (Å²) in [6.45, 7) is 1.52. The molecule has 138 valence electrons. The average molecular weight is 363 g/mol. The summed E-state index contributed by atoms with van der Waals surface area (Å²) in [5, 5.41) is 0. The van der Waals surface area contributed by atoms with E-state index in [2.05, 4.69) is 11.1 Å². The molecule has 27 heavy (non-hydrogen) atoms. The number of hydrogen-bond donors (Lipinski definition) is 1. The standard InChI is InChI=1S/C21H21N3O3/c22-19-24-21(14-26-19)17-11-15(16-5-2-1-3-9-23-12-16)6-7-18(17)25-13-20(21)8-4-10-27-20/h1-3,5-7,9,11-12H,4,8,10,13-14H2,(H2,22,24)/b2-1+,3-1?,5-2?,9-3+,16-5+,16-12?,23-9?,23-12-. The van der Waals surface area contributed by atoms with Gasteiger partial charge in [-0.2, -0.15) is 0 Å². The maximum Gasteiger partial charge on any atom is 0.283 e. The van der Waals surface area contributed by atoms with E-state index in [0.29, 0.717) is 19.8 Å². The van der Waals surface area contributed by atoms with Gasteiger partial charge in [0.05, 0.1) is 0 Å². The van der Waals surface area contributed by atoms with E-state index in [1.54, 1.807) is 6.20 Å². The molecule has 0 bridgehead atoms. The van der Waals surface area contributed by atoms with Crippen LogP contribution < -0.4 is 10.5 Å². The van der Waals surface area contributed by atoms with Gasteiger partial charge in [-0.25, -0.2) is 4.99 Å². The highest BCUT2D eigenvalue weighted by molar-refractivity contribution is 6.10. The van der Waals surface area contributed by atoms with Crippen LogP contribution in [-0.2, 0) is 15.0 Å². The summed E-state index contributed by atoms with van der Waals surface area (Å²) in [5.41, 5.74) is 7.75. The molecule has 1 aromatic rings. The molecule has 0 saturated carbocycles. The van der Waals surface area contributed by atoms with E-state index < -0.39 is 11.1 Å². The Bertz CT molecular complexity index is 923. The van der Waals surface area contributed by atoms with Crippen molar-refractivity contribution in [2.24, 2.45) is 15.7 Å². The highest BCUT2D eigenvalue weighted by atomic mass is 16.6. The van der Waals surface area contributed by atoms with Crippen LogP contribution >= 0.6 is 0 Å². The summed E-state index contributed by atoms with van der Waals surface area (Å²) in [6.07, 6.45) is 13.4. The van der Waals surface area contributed by atoms with Gasteiger partial charge in [0.15, 0.2) is 5.54 Å². The van der Waals surface area contributed by atoms with Gasteiger partial charge in [-0.15, -0.1) is 0 Å². The maximum atomic E-state index is 6.22. The van der Waals surface area contributed by atoms with E-state index in [1.165, 1.54) is 0 Å². The molecule has 1 fully saturated rings. The van der Waals surface area contributed by atoms with E-state index in [0.717, 1.165) is 35.3 Å². The number of amidine groups is 1. The molecule has 0 aromatic heterocycles. The lowest BCUT2D eigenvalue weighted by molar-refractivity contribution is -0.105. The van der Waals surface area contributed by atoms with Crippen LogP contribution in [0.1, 0.15) is 24.0 Å². The second kappa shape index (κ2) is 6.09. The summed E-state index contributed by atoms with van der Waals surface area (Å²) >= 11 is 0. The maximum absolute atomic E-state index is 6.22. The third kappa shape index (κ3) is 2.44. The van der Waals surface area contributed by atoms with Crippen molar-refractivity contribution in [3.8, 4) is 5.75 Å². The summed E-state index contributed by atoms with van der Waals surface area (Å²) in [6, 6.07) is 6.36. The number of allylic oxidation sites excluding steroid dienone is 5. The smallest absolute Gasteiger partial charge is 0.283 e. The van der Waals surface area contributed by atoms with Gasteiger partial charge in [0.1, 0.15) is 24.6 Å². The van der Waals surface area contributed by atoms with Crippen molar-refractivity contribution in [2.75, 3.05) is 19.8 Å². The molecule has 4 aliphatic heterocycles. The summed E-state index contributed by atoms with van der Waals surface area (Å²) in [4.78, 5) is 9.08. The lowest BCUT2D eigenvalue weighted by Gasteiger charge is -2.46. The van der Waals surface area contributed by atoms with Crippen LogP contribution in [0.3, 0.4) is 0 Å². The van der Waals surface area contributed by atoms with Gasteiger partial charge in [-0.3, -0.25) is 4.99 Å². The first-order valence-electron chi connectivity index (χ1n) is 9.19. The zero-order valence-corrected chi connectivity index (χ0v) is 14.9. The van der Waals surface area contributed by atoms with E-state index in [1.807, 2.05) is 42.7 Å². The minimum atomic E-state index is -0.674. The average Bonchev–Trinajstić information content (AvgIpc) is 3.27. The molecule has 5 rings (SSSR count). The molecule has 2 unspecified atom stereocenters. The Morgan fingerprint density at radius 2 is 2.04 bits per heavy atom. The van der Waals surface area contributed by atoms with Gasteiger partial charge in [-0.1, -0.05) is 24.3 Å². The first-order valence-corrected chi connectivity index (χ1v) is 9.19. The molecule has 0 amide bonds. The fourth-order valence-electron chi connectivity index (χ4n) is 4.32. The van der Waals surface area contributed by atoms with Crippen LogP contribution in [0, 0.1) is 0 Å². The summed E-state index contributed by atoms with van der Waals surface area (Å²) in [5.74, 6) is 0.806. The molecule has 0 aliphatic carbocycles. The van der Waals surface area contributed by atoms with Crippen molar-refractivity contribution in [3.63, 3.8) is 0 Å². The zero-order chi connectivity index (χ0) is 18.3. The van der Waals surface area contributed by atoms with Gasteiger partial charge in [-0.05, 0) is 42.2 Å². The van der Waals surface area contributed by atoms with Crippen LogP contribution in [0.2, 0.25) is 0 Å². The normalized spacial score (nSPS) is 36.6. The number of nitrogens with zero attached hydrogens (tertiary/aromatic N) is 2. The number of ether oxygens (including phenoxy) is 3. The lowest BCUT2D eigenvalue weighted by atomic mass is 9.72. The molecule has 1 aromatic carbocycles. The van der Waals surface area contributed by atoms with Crippen LogP contribution in [0.25, 0.3) is 5.57 Å². The van der Waals surface area contributed by atoms with Gasteiger partial charge >= 0.3 is 0 Å². The Hall–Kier alpha value is -2.86. The Kier molecular flexibility index (Phi) is 3.68. The number of aliphatic imine (C=N–C) groups is 2. The molecule has 2 N–H and O–H groups in total. The molecular formula is C21H21N3O3. The van der Waals surface area contributed by atoms with E-state index >= 15 is 0 Å². The molecule has 6 heteroatoms. The number of rotatable bonds is 1. The van der Waals surface area contributed by atoms with Crippen molar-refractivity contribution in [1.82, 2.24) is 0 Å². The van der Waals surface area contributed by atoms with Crippen LogP contribution in [0.15, 0.2) is 58.7 Å². The third-order valence-electron chi connectivity index (χ3n) is 5.69. The molecule has 6 nitrogen and oxygen atoms in total. The molecule has 1 saturated heterocycles. The monoisotopic (exact) mass is 363 g/mol. The molecule has 0 radical (unpaired) electrons. The second-order valence-electron chi connectivity index (χ2n) is 7.17. The molecule has 4 heterocycles. The number of fused-ring (bicyclic) bond motifs is 3. The van der Waals surface area contributed by atoms with Crippen molar-refractivity contribution in [3.05, 3.63) is 59.8 Å². The Morgan fingerprint density at radius 3 is 2.85 bits per heavy atom. The number of benzene rings is 1. The van der Waals surface area contributed by atoms with E-state index in [-0.39, 0.29) is 6.02 Å². The van der Waals surface area contributed by atoms with Gasteiger partial charge in [0.2, 0.25) is 0 Å². The lowest BCUT2D eigenvalue weighted by Crippen LogP contribution is -2.57. The molecule has 2 spiro atoms. The highest BCUT2D eigenvalue weighted by Gasteiger charge is 2.62. The largest absolute Gasteiger partial charge is 0.490 e. The Labute approximate surface area is 157 Å². The summed E-state index contributed by atoms with van der Waals surface area (Å²) in [7, 11) is 0. The molecular weight excluding hydrogens is 342 g/mol. The summed E-state index contributed by atoms with van der Waals surface area (Å²) < 4.78 is 18.0. The van der Waals surface area contributed by atoms with Crippen molar-refractivity contribution < 1.29 is 14.2 Å². The first kappa shape index (κ1) is 16.3. The first-order chi connectivity index (χ1) is 13.2. The third-order valence-corrected chi connectivity index (χ3v) is 5.69. The molecule has 2 atom stereocenters. The van der Waals surface area contributed by atoms with Crippen molar-refractivity contribution in [2.45, 2.75) is 24.0 Å². The SMILES string of the molecule is NC1=NC2(CO1)c1cc(C3=C/C=C/C=C/N=C\3)ccc1OCC21CCCO1. The van der Waals surface area contributed by atoms with Gasteiger partial charge in [0.25, 0.3) is 6.02 Å². The Morgan fingerprint density at radius 1 is 1.07 bits per heavy atom. The second-order valence-corrected chi connectivity index (χ2v) is 7.17. The van der Waals surface area contributed by atoms with E-state index in [9.17, 15) is 0 Å². The molecule has 4 aliphatic rings. The predicted octanol–water partition coefficient (Wildman–Crippen LogP) is 2.71. The Balaban J connectivity index is 1.66. The van der Waals surface area contributed by atoms with Gasteiger partial charge in [0, 0.05) is 24.6 Å². The van der Waals surface area contributed by atoms with Crippen LogP contribution in [0.5, 0.6) is 5.75 Å². The minimum absolute atomic E-state index is 0.211. The zero-order valence-electron chi connectivity index (χ0n) is 14.9. The quantitative estimate of drug-likeness (QED) is 0.832. The number of hydrogen-bond acceptors (Lipinski definition) is 6.